The summed E-state index contributed by atoms with van der Waals surface area (Å²) in [7, 11) is 0. The molecule has 0 spiro atoms. The fourth-order valence-corrected chi connectivity index (χ4v) is 2.83. The molecule has 1 heterocycles. The van der Waals surface area contributed by atoms with Gasteiger partial charge in [-0.15, -0.1) is 0 Å². The third-order valence-electron chi connectivity index (χ3n) is 4.28. The van der Waals surface area contributed by atoms with Crippen molar-refractivity contribution >= 4 is 5.97 Å². The summed E-state index contributed by atoms with van der Waals surface area (Å²) in [5.41, 5.74) is 6.74. The molecule has 0 amide bonds. The first kappa shape index (κ1) is 15.0. The maximum Gasteiger partial charge on any atom is 0.315 e. The van der Waals surface area contributed by atoms with Gasteiger partial charge in [0.2, 0.25) is 0 Å². The average Bonchev–Trinajstić information content (AvgIpc) is 2.94. The van der Waals surface area contributed by atoms with Gasteiger partial charge in [-0.25, -0.2) is 0 Å². The van der Waals surface area contributed by atoms with Crippen LogP contribution in [0.4, 0.5) is 0 Å². The molecule has 0 radical (unpaired) electrons. The van der Waals surface area contributed by atoms with Gasteiger partial charge in [-0.1, -0.05) is 29.8 Å². The molecule has 1 fully saturated rings. The van der Waals surface area contributed by atoms with E-state index in [4.69, 9.17) is 10.5 Å². The molecule has 0 aromatic heterocycles. The van der Waals surface area contributed by atoms with E-state index in [1.54, 1.807) is 0 Å². The first-order valence-electron chi connectivity index (χ1n) is 7.21. The molecule has 0 saturated carbocycles. The molecule has 20 heavy (non-hydrogen) atoms. The van der Waals surface area contributed by atoms with Gasteiger partial charge in [0.15, 0.2) is 0 Å². The molecule has 1 aliphatic heterocycles. The lowest BCUT2D eigenvalue weighted by Crippen LogP contribution is -2.43. The zero-order valence-corrected chi connectivity index (χ0v) is 12.0. The fourth-order valence-electron chi connectivity index (χ4n) is 2.83. The summed E-state index contributed by atoms with van der Waals surface area (Å²) in [6, 6.07) is 7.64. The Bertz CT molecular complexity index is 451. The van der Waals surface area contributed by atoms with Gasteiger partial charge in [0.05, 0.1) is 6.10 Å². The van der Waals surface area contributed by atoms with E-state index in [1.807, 2.05) is 31.2 Å². The minimum atomic E-state index is -1.00. The van der Waals surface area contributed by atoms with Crippen molar-refractivity contribution in [1.29, 1.82) is 0 Å². The largest absolute Gasteiger partial charge is 0.481 e. The minimum Gasteiger partial charge on any atom is -0.481 e. The number of carboxylic acid groups (broad SMARTS) is 1. The first-order valence-corrected chi connectivity index (χ1v) is 7.21. The maximum absolute atomic E-state index is 11.8. The normalized spacial score (nSPS) is 21.6. The van der Waals surface area contributed by atoms with Gasteiger partial charge >= 0.3 is 5.97 Å². The topological polar surface area (TPSA) is 72.5 Å². The molecule has 1 aromatic carbocycles. The molecule has 2 unspecified atom stereocenters. The van der Waals surface area contributed by atoms with E-state index < -0.39 is 11.4 Å². The van der Waals surface area contributed by atoms with Gasteiger partial charge in [0.1, 0.15) is 5.41 Å². The number of benzene rings is 1. The van der Waals surface area contributed by atoms with Gasteiger partial charge in [0, 0.05) is 13.2 Å². The summed E-state index contributed by atoms with van der Waals surface area (Å²) < 4.78 is 5.59. The number of hydrogen-bond acceptors (Lipinski definition) is 3. The molecule has 0 bridgehead atoms. The maximum atomic E-state index is 11.8. The van der Waals surface area contributed by atoms with Crippen molar-refractivity contribution in [3.63, 3.8) is 0 Å². The molecule has 3 N–H and O–H groups in total. The number of ether oxygens (including phenoxy) is 1. The van der Waals surface area contributed by atoms with Crippen molar-refractivity contribution in [2.24, 2.45) is 5.73 Å². The average molecular weight is 277 g/mol. The van der Waals surface area contributed by atoms with E-state index in [1.165, 1.54) is 0 Å². The van der Waals surface area contributed by atoms with Crippen molar-refractivity contribution in [1.82, 2.24) is 0 Å². The lowest BCUT2D eigenvalue weighted by Gasteiger charge is -2.29. The van der Waals surface area contributed by atoms with Gasteiger partial charge in [-0.05, 0) is 38.2 Å². The van der Waals surface area contributed by atoms with Crippen molar-refractivity contribution in [3.05, 3.63) is 35.4 Å². The Balaban J connectivity index is 2.19. The summed E-state index contributed by atoms with van der Waals surface area (Å²) in [6.07, 6.45) is 3.54. The Kier molecular flexibility index (Phi) is 4.78. The van der Waals surface area contributed by atoms with E-state index in [-0.39, 0.29) is 12.6 Å². The second-order valence-corrected chi connectivity index (χ2v) is 5.63. The van der Waals surface area contributed by atoms with E-state index in [9.17, 15) is 9.90 Å². The van der Waals surface area contributed by atoms with Crippen molar-refractivity contribution < 1.29 is 14.6 Å². The number of carboxylic acids is 1. The van der Waals surface area contributed by atoms with Gasteiger partial charge < -0.3 is 15.6 Å². The molecule has 1 aliphatic rings. The van der Waals surface area contributed by atoms with Crippen LogP contribution in [0.3, 0.4) is 0 Å². The van der Waals surface area contributed by atoms with Crippen LogP contribution in [-0.4, -0.2) is 30.3 Å². The third kappa shape index (κ3) is 3.02. The van der Waals surface area contributed by atoms with E-state index >= 15 is 0 Å². The predicted octanol–water partition coefficient (Wildman–Crippen LogP) is 2.24. The number of aliphatic carboxylic acids is 1. The van der Waals surface area contributed by atoms with Crippen molar-refractivity contribution in [3.8, 4) is 0 Å². The van der Waals surface area contributed by atoms with Crippen LogP contribution in [-0.2, 0) is 14.9 Å². The summed E-state index contributed by atoms with van der Waals surface area (Å²) in [4.78, 5) is 11.8. The highest BCUT2D eigenvalue weighted by molar-refractivity contribution is 5.81. The Labute approximate surface area is 119 Å². The van der Waals surface area contributed by atoms with Gasteiger partial charge in [0.25, 0.3) is 0 Å². The molecular formula is C16H23NO3. The molecule has 110 valence electrons. The fraction of sp³-hybridized carbons (Fsp3) is 0.562. The van der Waals surface area contributed by atoms with E-state index in [0.29, 0.717) is 6.42 Å². The Morgan fingerprint density at radius 1 is 1.45 bits per heavy atom. The lowest BCUT2D eigenvalue weighted by molar-refractivity contribution is -0.144. The molecule has 1 aromatic rings. The number of aryl methyl sites for hydroxylation is 1. The summed E-state index contributed by atoms with van der Waals surface area (Å²) in [6.45, 7) is 2.89. The highest BCUT2D eigenvalue weighted by atomic mass is 16.5. The van der Waals surface area contributed by atoms with Crippen molar-refractivity contribution in [2.45, 2.75) is 44.1 Å². The smallest absolute Gasteiger partial charge is 0.315 e. The lowest BCUT2D eigenvalue weighted by atomic mass is 9.75. The zero-order valence-electron chi connectivity index (χ0n) is 12.0. The standard InChI is InChI=1S/C16H23NO3/c1-12-4-6-13(7-5-12)16(11-17,15(18)19)9-8-14-3-2-10-20-14/h4-7,14H,2-3,8-11,17H2,1H3,(H,18,19). The number of hydrogen-bond donors (Lipinski definition) is 2. The number of nitrogens with two attached hydrogens (primary N) is 1. The molecule has 2 rings (SSSR count). The molecule has 4 heteroatoms. The molecule has 1 saturated heterocycles. The minimum absolute atomic E-state index is 0.109. The second-order valence-electron chi connectivity index (χ2n) is 5.63. The SMILES string of the molecule is Cc1ccc(C(CN)(CCC2CCCO2)C(=O)O)cc1. The van der Waals surface area contributed by atoms with Crippen LogP contribution in [0.2, 0.25) is 0 Å². The van der Waals surface area contributed by atoms with Crippen LogP contribution in [0.25, 0.3) is 0 Å². The van der Waals surface area contributed by atoms with Crippen LogP contribution >= 0.6 is 0 Å². The van der Waals surface area contributed by atoms with Gasteiger partial charge in [-0.3, -0.25) is 4.79 Å². The molecular weight excluding hydrogens is 254 g/mol. The monoisotopic (exact) mass is 277 g/mol. The van der Waals surface area contributed by atoms with Crippen LogP contribution in [0, 0.1) is 6.92 Å². The molecule has 0 aliphatic carbocycles. The predicted molar refractivity (Wildman–Crippen MR) is 77.8 cm³/mol. The quantitative estimate of drug-likeness (QED) is 0.836. The zero-order chi connectivity index (χ0) is 14.6. The van der Waals surface area contributed by atoms with Crippen LogP contribution in [0.5, 0.6) is 0 Å². The van der Waals surface area contributed by atoms with Crippen LogP contribution in [0.15, 0.2) is 24.3 Å². The van der Waals surface area contributed by atoms with E-state index in [0.717, 1.165) is 37.0 Å². The Morgan fingerprint density at radius 3 is 2.65 bits per heavy atom. The Hall–Kier alpha value is -1.39. The Morgan fingerprint density at radius 2 is 2.15 bits per heavy atom. The van der Waals surface area contributed by atoms with Crippen molar-refractivity contribution in [2.75, 3.05) is 13.2 Å². The molecule has 2 atom stereocenters. The first-order chi connectivity index (χ1) is 9.58. The summed E-state index contributed by atoms with van der Waals surface area (Å²) in [5.74, 6) is -0.846. The third-order valence-corrected chi connectivity index (χ3v) is 4.28. The van der Waals surface area contributed by atoms with Gasteiger partial charge in [-0.2, -0.15) is 0 Å². The number of rotatable bonds is 6. The second kappa shape index (κ2) is 6.37. The molecule has 4 nitrogen and oxygen atoms in total. The highest BCUT2D eigenvalue weighted by Gasteiger charge is 2.39. The van der Waals surface area contributed by atoms with E-state index in [2.05, 4.69) is 0 Å². The van der Waals surface area contributed by atoms with Crippen LogP contribution in [0.1, 0.15) is 36.8 Å². The summed E-state index contributed by atoms with van der Waals surface area (Å²) >= 11 is 0. The summed E-state index contributed by atoms with van der Waals surface area (Å²) in [5, 5.41) is 9.70. The number of carbonyl (C=O) groups is 1. The highest BCUT2D eigenvalue weighted by Crippen LogP contribution is 2.32. The van der Waals surface area contributed by atoms with Crippen LogP contribution < -0.4 is 5.73 Å².